The van der Waals surface area contributed by atoms with Crippen LogP contribution in [0.3, 0.4) is 0 Å². The second kappa shape index (κ2) is 5.89. The molecule has 1 aromatic heterocycles. The van der Waals surface area contributed by atoms with Crippen LogP contribution < -0.4 is 4.72 Å². The Morgan fingerprint density at radius 1 is 1.09 bits per heavy atom. The van der Waals surface area contributed by atoms with E-state index in [1.165, 1.54) is 13.8 Å². The summed E-state index contributed by atoms with van der Waals surface area (Å²) in [6.45, 7) is 3.04. The minimum Gasteiger partial charge on any atom is -0.281 e. The van der Waals surface area contributed by atoms with Gasteiger partial charge in [0.15, 0.2) is 0 Å². The van der Waals surface area contributed by atoms with Crippen molar-refractivity contribution in [3.63, 3.8) is 0 Å². The summed E-state index contributed by atoms with van der Waals surface area (Å²) in [6, 6.07) is 4.01. The molecule has 1 aromatic carbocycles. The van der Waals surface area contributed by atoms with E-state index in [4.69, 9.17) is 0 Å². The lowest BCUT2D eigenvalue weighted by Gasteiger charge is -2.09. The molecule has 0 spiro atoms. The molecule has 11 heteroatoms. The number of anilines is 1. The monoisotopic (exact) mass is 365 g/mol. The topological polar surface area (TPSA) is 109 Å². The number of nitrogens with zero attached hydrogens (tertiary/aromatic N) is 1. The van der Waals surface area contributed by atoms with E-state index >= 15 is 0 Å². The number of H-pyrrole nitrogens is 1. The molecule has 0 aliphatic heterocycles. The molecule has 0 aliphatic rings. The molecule has 2 aromatic rings. The summed E-state index contributed by atoms with van der Waals surface area (Å²) < 4.78 is 74.3. The van der Waals surface area contributed by atoms with Crippen molar-refractivity contribution in [2.45, 2.75) is 29.4 Å². The highest BCUT2D eigenvalue weighted by atomic mass is 32.2. The van der Waals surface area contributed by atoms with Gasteiger partial charge in [0.05, 0.1) is 16.3 Å². The number of hydrogen-bond acceptors (Lipinski definition) is 5. The fraction of sp³-hybridized carbons (Fsp3) is 0.250. The van der Waals surface area contributed by atoms with E-state index in [9.17, 15) is 25.6 Å². The SMILES string of the molecule is Cc1n[nH]c(C)c1S(=O)(=O)Nc1ccc(S(=O)(=O)C(F)F)cc1. The van der Waals surface area contributed by atoms with Crippen molar-refractivity contribution < 1.29 is 25.6 Å². The zero-order chi connectivity index (χ0) is 17.4. The Bertz CT molecular complexity index is 900. The minimum atomic E-state index is -4.72. The van der Waals surface area contributed by atoms with Crippen LogP contribution in [0.4, 0.5) is 14.5 Å². The average Bonchev–Trinajstić information content (AvgIpc) is 2.78. The Morgan fingerprint density at radius 2 is 1.65 bits per heavy atom. The maximum atomic E-state index is 12.4. The third-order valence-electron chi connectivity index (χ3n) is 3.00. The third kappa shape index (κ3) is 3.34. The summed E-state index contributed by atoms with van der Waals surface area (Å²) >= 11 is 0. The van der Waals surface area contributed by atoms with Gasteiger partial charge < -0.3 is 0 Å². The first-order valence-corrected chi connectivity index (χ1v) is 9.25. The fourth-order valence-electron chi connectivity index (χ4n) is 1.96. The molecule has 23 heavy (non-hydrogen) atoms. The van der Waals surface area contributed by atoms with E-state index in [2.05, 4.69) is 14.9 Å². The van der Waals surface area contributed by atoms with Gasteiger partial charge >= 0.3 is 5.76 Å². The molecule has 2 rings (SSSR count). The van der Waals surface area contributed by atoms with Gasteiger partial charge in [-0.05, 0) is 38.1 Å². The van der Waals surface area contributed by atoms with Gasteiger partial charge in [0.1, 0.15) is 4.90 Å². The quantitative estimate of drug-likeness (QED) is 0.840. The number of alkyl halides is 2. The summed E-state index contributed by atoms with van der Waals surface area (Å²) in [7, 11) is -8.66. The summed E-state index contributed by atoms with van der Waals surface area (Å²) in [5, 5.41) is 6.32. The van der Waals surface area contributed by atoms with Crippen LogP contribution >= 0.6 is 0 Å². The second-order valence-corrected chi connectivity index (χ2v) is 8.24. The van der Waals surface area contributed by atoms with Crippen LogP contribution in [0.5, 0.6) is 0 Å². The van der Waals surface area contributed by atoms with Crippen LogP contribution in [-0.2, 0) is 19.9 Å². The number of rotatable bonds is 5. The second-order valence-electron chi connectivity index (χ2n) is 4.70. The lowest BCUT2D eigenvalue weighted by molar-refractivity contribution is 0.234. The molecule has 0 radical (unpaired) electrons. The van der Waals surface area contributed by atoms with Crippen molar-refractivity contribution in [3.8, 4) is 0 Å². The maximum absolute atomic E-state index is 12.4. The summed E-state index contributed by atoms with van der Waals surface area (Å²) in [4.78, 5) is -0.618. The molecule has 0 bridgehead atoms. The molecule has 0 aliphatic carbocycles. The van der Waals surface area contributed by atoms with Gasteiger partial charge in [-0.25, -0.2) is 16.8 Å². The molecular weight excluding hydrogens is 352 g/mol. The Labute approximate surface area is 131 Å². The molecule has 0 fully saturated rings. The highest BCUT2D eigenvalue weighted by molar-refractivity contribution is 7.93. The summed E-state index contributed by atoms with van der Waals surface area (Å²) in [5.74, 6) is -3.54. The van der Waals surface area contributed by atoms with Crippen molar-refractivity contribution in [3.05, 3.63) is 35.7 Å². The Kier molecular flexibility index (Phi) is 4.44. The number of nitrogens with one attached hydrogen (secondary N) is 2. The van der Waals surface area contributed by atoms with E-state index in [-0.39, 0.29) is 16.3 Å². The number of sulfonamides is 1. The predicted octanol–water partition coefficient (Wildman–Crippen LogP) is 1.82. The first-order chi connectivity index (χ1) is 10.6. The Hall–Kier alpha value is -2.01. The van der Waals surface area contributed by atoms with Gasteiger partial charge in [-0.1, -0.05) is 0 Å². The predicted molar refractivity (Wildman–Crippen MR) is 78.5 cm³/mol. The van der Waals surface area contributed by atoms with Gasteiger partial charge in [0, 0.05) is 5.69 Å². The number of aromatic nitrogens is 2. The van der Waals surface area contributed by atoms with Crippen molar-refractivity contribution in [2.75, 3.05) is 4.72 Å². The van der Waals surface area contributed by atoms with Crippen LogP contribution in [0.2, 0.25) is 0 Å². The largest absolute Gasteiger partial charge is 0.341 e. The molecule has 126 valence electrons. The van der Waals surface area contributed by atoms with E-state index in [1.807, 2.05) is 0 Å². The van der Waals surface area contributed by atoms with Crippen molar-refractivity contribution in [1.29, 1.82) is 0 Å². The van der Waals surface area contributed by atoms with Crippen molar-refractivity contribution >= 4 is 25.5 Å². The van der Waals surface area contributed by atoms with Crippen LogP contribution in [0.15, 0.2) is 34.1 Å². The highest BCUT2D eigenvalue weighted by Crippen LogP contribution is 2.23. The van der Waals surface area contributed by atoms with Crippen LogP contribution in [-0.4, -0.2) is 32.8 Å². The molecule has 0 unspecified atom stereocenters. The zero-order valence-corrected chi connectivity index (χ0v) is 13.7. The first kappa shape index (κ1) is 17.3. The van der Waals surface area contributed by atoms with E-state index in [1.54, 1.807) is 0 Å². The lowest BCUT2D eigenvalue weighted by Crippen LogP contribution is -2.15. The molecule has 0 saturated carbocycles. The standard InChI is InChI=1S/C12H13F2N3O4S2/c1-7-11(8(2)16-15-7)23(20,21)17-9-3-5-10(6-4-9)22(18,19)12(13)14/h3-6,12,17H,1-2H3,(H,15,16). The molecule has 0 saturated heterocycles. The minimum absolute atomic E-state index is 0.0261. The zero-order valence-electron chi connectivity index (χ0n) is 12.0. The van der Waals surface area contributed by atoms with Crippen molar-refractivity contribution in [1.82, 2.24) is 10.2 Å². The van der Waals surface area contributed by atoms with E-state index in [0.717, 1.165) is 24.3 Å². The maximum Gasteiger partial charge on any atom is 0.341 e. The van der Waals surface area contributed by atoms with Gasteiger partial charge in [-0.2, -0.15) is 13.9 Å². The van der Waals surface area contributed by atoms with Crippen molar-refractivity contribution in [2.24, 2.45) is 0 Å². The molecule has 0 amide bonds. The molecular formula is C12H13F2N3O4S2. The van der Waals surface area contributed by atoms with Crippen LogP contribution in [0, 0.1) is 13.8 Å². The van der Waals surface area contributed by atoms with E-state index in [0.29, 0.717) is 5.69 Å². The fourth-order valence-corrected chi connectivity index (χ4v) is 4.11. The first-order valence-electron chi connectivity index (χ1n) is 6.22. The number of aromatic amines is 1. The van der Waals surface area contributed by atoms with Crippen LogP contribution in [0.1, 0.15) is 11.4 Å². The van der Waals surface area contributed by atoms with E-state index < -0.39 is 30.5 Å². The molecule has 1 heterocycles. The van der Waals surface area contributed by atoms with Crippen LogP contribution in [0.25, 0.3) is 0 Å². The molecule has 0 atom stereocenters. The highest BCUT2D eigenvalue weighted by Gasteiger charge is 2.27. The van der Waals surface area contributed by atoms with Gasteiger partial charge in [-0.3, -0.25) is 9.82 Å². The average molecular weight is 365 g/mol. The normalized spacial score (nSPS) is 12.6. The summed E-state index contributed by atoms with van der Waals surface area (Å²) in [6.07, 6.45) is 0. The smallest absolute Gasteiger partial charge is 0.281 e. The summed E-state index contributed by atoms with van der Waals surface area (Å²) in [5.41, 5.74) is 0.650. The molecule has 7 nitrogen and oxygen atoms in total. The number of aryl methyl sites for hydroxylation is 2. The number of sulfone groups is 1. The van der Waals surface area contributed by atoms with Gasteiger partial charge in [0.25, 0.3) is 10.0 Å². The number of benzene rings is 1. The van der Waals surface area contributed by atoms with Gasteiger partial charge in [0.2, 0.25) is 9.84 Å². The lowest BCUT2D eigenvalue weighted by atomic mass is 10.3. The molecule has 2 N–H and O–H groups in total. The third-order valence-corrected chi connectivity index (χ3v) is 6.04. The Morgan fingerprint density at radius 3 is 2.09 bits per heavy atom. The van der Waals surface area contributed by atoms with Gasteiger partial charge in [-0.15, -0.1) is 0 Å². The number of halogens is 2. The number of hydrogen-bond donors (Lipinski definition) is 2. The Balaban J connectivity index is 2.32.